The van der Waals surface area contributed by atoms with Crippen molar-refractivity contribution in [1.82, 2.24) is 0 Å². The van der Waals surface area contributed by atoms with Gasteiger partial charge >= 0.3 is 0 Å². The molecule has 0 aromatic heterocycles. The molecule has 4 heteroatoms. The third-order valence-electron chi connectivity index (χ3n) is 0.601. The Morgan fingerprint density at radius 1 is 1.88 bits per heavy atom. The number of nitrogens with two attached hydrogens (primary N) is 1. The Kier molecular flexibility index (Phi) is 3.85. The van der Waals surface area contributed by atoms with Crippen molar-refractivity contribution in [2.45, 2.75) is 13.2 Å². The van der Waals surface area contributed by atoms with Crippen molar-refractivity contribution in [2.75, 3.05) is 6.26 Å². The second-order valence-corrected chi connectivity index (χ2v) is 1.82. The van der Waals surface area contributed by atoms with Crippen LogP contribution in [0.25, 0.3) is 0 Å². The van der Waals surface area contributed by atoms with Crippen molar-refractivity contribution in [2.24, 2.45) is 5.73 Å². The molecule has 0 aliphatic rings. The molecule has 8 heavy (non-hydrogen) atoms. The molecule has 0 aromatic carbocycles. The lowest BCUT2D eigenvalue weighted by Gasteiger charge is -2.03. The van der Waals surface area contributed by atoms with Gasteiger partial charge in [-0.3, -0.25) is 14.7 Å². The van der Waals surface area contributed by atoms with Crippen LogP contribution in [0, 0.1) is 0 Å². The summed E-state index contributed by atoms with van der Waals surface area (Å²) in [6, 6.07) is 0. The van der Waals surface area contributed by atoms with Gasteiger partial charge in [-0.05, 0) is 19.0 Å². The zero-order chi connectivity index (χ0) is 6.57. The SMILES string of the molecule is CSOC(N)C(C)=O. The van der Waals surface area contributed by atoms with Gasteiger partial charge in [0.25, 0.3) is 0 Å². The molecule has 3 nitrogen and oxygen atoms in total. The minimum atomic E-state index is -0.759. The van der Waals surface area contributed by atoms with Gasteiger partial charge in [-0.2, -0.15) is 0 Å². The van der Waals surface area contributed by atoms with E-state index in [0.717, 1.165) is 12.0 Å². The number of ketones is 1. The quantitative estimate of drug-likeness (QED) is 0.442. The Morgan fingerprint density at radius 3 is 2.50 bits per heavy atom. The average Bonchev–Trinajstić information content (AvgIpc) is 1.67. The predicted molar refractivity (Wildman–Crippen MR) is 33.3 cm³/mol. The lowest BCUT2D eigenvalue weighted by atomic mass is 10.4. The molecule has 0 radical (unpaired) electrons. The standard InChI is InChI=1S/C4H9NO2S/c1-3(6)4(5)7-8-2/h4H,5H2,1-2H3. The third-order valence-corrected chi connectivity index (χ3v) is 1.00. The van der Waals surface area contributed by atoms with Crippen molar-refractivity contribution >= 4 is 17.8 Å². The first-order valence-electron chi connectivity index (χ1n) is 2.14. The second kappa shape index (κ2) is 3.88. The summed E-state index contributed by atoms with van der Waals surface area (Å²) in [6.45, 7) is 1.39. The van der Waals surface area contributed by atoms with E-state index >= 15 is 0 Å². The molecule has 0 heterocycles. The van der Waals surface area contributed by atoms with Gasteiger partial charge in [-0.1, -0.05) is 0 Å². The number of hydrogen-bond acceptors (Lipinski definition) is 4. The van der Waals surface area contributed by atoms with Crippen LogP contribution in [0.2, 0.25) is 0 Å². The van der Waals surface area contributed by atoms with Crippen LogP contribution < -0.4 is 5.73 Å². The normalized spacial score (nSPS) is 13.4. The maximum Gasteiger partial charge on any atom is 0.178 e. The molecule has 0 fully saturated rings. The van der Waals surface area contributed by atoms with Crippen molar-refractivity contribution in [3.05, 3.63) is 0 Å². The predicted octanol–water partition coefficient (Wildman–Crippen LogP) is 0.155. The summed E-state index contributed by atoms with van der Waals surface area (Å²) in [4.78, 5) is 10.3. The molecule has 0 amide bonds. The molecular formula is C4H9NO2S. The van der Waals surface area contributed by atoms with E-state index in [1.807, 2.05) is 0 Å². The lowest BCUT2D eigenvalue weighted by Crippen LogP contribution is -2.28. The maximum absolute atomic E-state index is 10.3. The topological polar surface area (TPSA) is 52.3 Å². The molecule has 1 unspecified atom stereocenters. The van der Waals surface area contributed by atoms with E-state index in [0.29, 0.717) is 0 Å². The second-order valence-electron chi connectivity index (χ2n) is 1.29. The molecule has 0 aromatic rings. The Hall–Kier alpha value is -0.0600. The van der Waals surface area contributed by atoms with Gasteiger partial charge in [-0.25, -0.2) is 0 Å². The summed E-state index contributed by atoms with van der Waals surface area (Å²) >= 11 is 1.09. The zero-order valence-electron chi connectivity index (χ0n) is 4.88. The molecular weight excluding hydrogens is 126 g/mol. The third kappa shape index (κ3) is 3.01. The highest BCUT2D eigenvalue weighted by atomic mass is 32.2. The number of hydrogen-bond donors (Lipinski definition) is 1. The van der Waals surface area contributed by atoms with Crippen LogP contribution in [0.15, 0.2) is 0 Å². The molecule has 0 rings (SSSR count). The monoisotopic (exact) mass is 135 g/mol. The highest BCUT2D eigenvalue weighted by Crippen LogP contribution is 1.97. The van der Waals surface area contributed by atoms with Crippen LogP contribution in [0.1, 0.15) is 6.92 Å². The van der Waals surface area contributed by atoms with Gasteiger partial charge in [0, 0.05) is 6.26 Å². The summed E-state index contributed by atoms with van der Waals surface area (Å²) in [6.07, 6.45) is 0.952. The lowest BCUT2D eigenvalue weighted by molar-refractivity contribution is -0.122. The minimum absolute atomic E-state index is 0.153. The van der Waals surface area contributed by atoms with Crippen LogP contribution in [0.4, 0.5) is 0 Å². The maximum atomic E-state index is 10.3. The van der Waals surface area contributed by atoms with E-state index < -0.39 is 6.23 Å². The van der Waals surface area contributed by atoms with E-state index in [4.69, 9.17) is 5.73 Å². The molecule has 0 aliphatic carbocycles. The fourth-order valence-electron chi connectivity index (χ4n) is 0.171. The largest absolute Gasteiger partial charge is 0.299 e. The van der Waals surface area contributed by atoms with Crippen LogP contribution in [-0.4, -0.2) is 18.3 Å². The summed E-state index contributed by atoms with van der Waals surface area (Å²) < 4.78 is 4.65. The first-order valence-corrected chi connectivity index (χ1v) is 3.29. The molecule has 0 saturated carbocycles. The van der Waals surface area contributed by atoms with Gasteiger partial charge in [0.05, 0.1) is 0 Å². The van der Waals surface area contributed by atoms with Crippen LogP contribution >= 0.6 is 12.0 Å². The van der Waals surface area contributed by atoms with Crippen LogP contribution in [0.5, 0.6) is 0 Å². The molecule has 0 aliphatic heterocycles. The Labute approximate surface area is 52.8 Å². The summed E-state index contributed by atoms with van der Waals surface area (Å²) in [5.41, 5.74) is 5.13. The highest BCUT2D eigenvalue weighted by Gasteiger charge is 2.05. The van der Waals surface area contributed by atoms with E-state index in [1.54, 1.807) is 6.26 Å². The Balaban J connectivity index is 3.32. The van der Waals surface area contributed by atoms with Gasteiger partial charge in [0.1, 0.15) is 0 Å². The smallest absolute Gasteiger partial charge is 0.178 e. The molecule has 48 valence electrons. The highest BCUT2D eigenvalue weighted by molar-refractivity contribution is 7.93. The number of carbonyl (C=O) groups is 1. The molecule has 0 bridgehead atoms. The van der Waals surface area contributed by atoms with Gasteiger partial charge in [-0.15, -0.1) is 0 Å². The van der Waals surface area contributed by atoms with Crippen LogP contribution in [-0.2, 0) is 8.98 Å². The summed E-state index contributed by atoms with van der Waals surface area (Å²) in [7, 11) is 0. The van der Waals surface area contributed by atoms with Crippen molar-refractivity contribution in [1.29, 1.82) is 0 Å². The fraction of sp³-hybridized carbons (Fsp3) is 0.750. The zero-order valence-corrected chi connectivity index (χ0v) is 5.70. The molecule has 0 saturated heterocycles. The summed E-state index contributed by atoms with van der Waals surface area (Å²) in [5, 5.41) is 0. The number of Topliss-reactive ketones (excluding diaryl/α,β-unsaturated/α-hetero) is 1. The van der Waals surface area contributed by atoms with Gasteiger partial charge in [0.15, 0.2) is 12.0 Å². The van der Waals surface area contributed by atoms with E-state index in [2.05, 4.69) is 4.18 Å². The number of carbonyl (C=O) groups excluding carboxylic acids is 1. The van der Waals surface area contributed by atoms with Crippen molar-refractivity contribution in [3.63, 3.8) is 0 Å². The van der Waals surface area contributed by atoms with E-state index in [-0.39, 0.29) is 5.78 Å². The van der Waals surface area contributed by atoms with E-state index in [9.17, 15) is 4.79 Å². The van der Waals surface area contributed by atoms with Gasteiger partial charge < -0.3 is 0 Å². The minimum Gasteiger partial charge on any atom is -0.299 e. The number of rotatable bonds is 3. The van der Waals surface area contributed by atoms with E-state index in [1.165, 1.54) is 6.92 Å². The first-order chi connectivity index (χ1) is 3.68. The average molecular weight is 135 g/mol. The molecule has 2 N–H and O–H groups in total. The van der Waals surface area contributed by atoms with Gasteiger partial charge in [0.2, 0.25) is 0 Å². The Bertz CT molecular complexity index is 86.1. The van der Waals surface area contributed by atoms with Crippen molar-refractivity contribution < 1.29 is 8.98 Å². The Morgan fingerprint density at radius 2 is 2.38 bits per heavy atom. The summed E-state index contributed by atoms with van der Waals surface area (Å²) in [5.74, 6) is -0.153. The van der Waals surface area contributed by atoms with Crippen molar-refractivity contribution in [3.8, 4) is 0 Å². The molecule has 1 atom stereocenters. The fourth-order valence-corrected chi connectivity index (χ4v) is 0.514. The molecule has 0 spiro atoms. The van der Waals surface area contributed by atoms with Crippen LogP contribution in [0.3, 0.4) is 0 Å². The first kappa shape index (κ1) is 7.94.